The van der Waals surface area contributed by atoms with Gasteiger partial charge in [0.15, 0.2) is 0 Å². The quantitative estimate of drug-likeness (QED) is 0.856. The molecule has 1 aliphatic rings. The summed E-state index contributed by atoms with van der Waals surface area (Å²) in [4.78, 5) is 14.0. The molecule has 0 spiro atoms. The molecule has 3 nitrogen and oxygen atoms in total. The van der Waals surface area contributed by atoms with Crippen LogP contribution in [0.1, 0.15) is 23.2 Å². The molecule has 1 fully saturated rings. The molecule has 1 aliphatic carbocycles. The van der Waals surface area contributed by atoms with Gasteiger partial charge in [-0.25, -0.2) is 0 Å². The van der Waals surface area contributed by atoms with Gasteiger partial charge in [-0.2, -0.15) is 0 Å². The summed E-state index contributed by atoms with van der Waals surface area (Å²) in [7, 11) is 0. The van der Waals surface area contributed by atoms with E-state index >= 15 is 0 Å². The van der Waals surface area contributed by atoms with Crippen LogP contribution in [0.3, 0.4) is 0 Å². The molecule has 4 heteroatoms. The highest BCUT2D eigenvalue weighted by atomic mass is 127. The molecule has 1 N–H and O–H groups in total. The number of aliphatic hydroxyl groups is 1. The van der Waals surface area contributed by atoms with Gasteiger partial charge in [0.1, 0.15) is 0 Å². The van der Waals surface area contributed by atoms with Gasteiger partial charge in [0.25, 0.3) is 5.91 Å². The first-order chi connectivity index (χ1) is 7.72. The van der Waals surface area contributed by atoms with E-state index in [1.54, 1.807) is 4.90 Å². The first-order valence-electron chi connectivity index (χ1n) is 5.40. The monoisotopic (exact) mass is 331 g/mol. The van der Waals surface area contributed by atoms with Crippen LogP contribution in [0, 0.1) is 3.57 Å². The predicted molar refractivity (Wildman–Crippen MR) is 70.3 cm³/mol. The Bertz CT molecular complexity index is 390. The fourth-order valence-electron chi connectivity index (χ4n) is 1.73. The first-order valence-corrected chi connectivity index (χ1v) is 6.47. The fraction of sp³-hybridized carbons (Fsp3) is 0.417. The molecule has 1 aromatic carbocycles. The molecule has 0 heterocycles. The van der Waals surface area contributed by atoms with Crippen molar-refractivity contribution in [2.24, 2.45) is 0 Å². The number of hydrogen-bond acceptors (Lipinski definition) is 2. The van der Waals surface area contributed by atoms with E-state index in [2.05, 4.69) is 22.6 Å². The van der Waals surface area contributed by atoms with Crippen LogP contribution in [0.5, 0.6) is 0 Å². The molecule has 0 aliphatic heterocycles. The van der Waals surface area contributed by atoms with Crippen LogP contribution in [-0.4, -0.2) is 35.1 Å². The number of carbonyl (C=O) groups excluding carboxylic acids is 1. The highest BCUT2D eigenvalue weighted by molar-refractivity contribution is 14.1. The number of halogens is 1. The van der Waals surface area contributed by atoms with E-state index in [0.29, 0.717) is 18.2 Å². The van der Waals surface area contributed by atoms with Crippen molar-refractivity contribution in [1.29, 1.82) is 0 Å². The van der Waals surface area contributed by atoms with E-state index in [4.69, 9.17) is 5.11 Å². The number of amides is 1. The minimum atomic E-state index is 0.0339. The van der Waals surface area contributed by atoms with E-state index in [9.17, 15) is 4.79 Å². The minimum Gasteiger partial charge on any atom is -0.395 e. The van der Waals surface area contributed by atoms with E-state index in [1.807, 2.05) is 24.3 Å². The van der Waals surface area contributed by atoms with Gasteiger partial charge in [-0.1, -0.05) is 6.07 Å². The summed E-state index contributed by atoms with van der Waals surface area (Å²) in [6.45, 7) is 0.473. The lowest BCUT2D eigenvalue weighted by molar-refractivity contribution is 0.0707. The van der Waals surface area contributed by atoms with Crippen LogP contribution >= 0.6 is 22.6 Å². The van der Waals surface area contributed by atoms with Crippen molar-refractivity contribution in [2.75, 3.05) is 13.2 Å². The van der Waals surface area contributed by atoms with Crippen LogP contribution < -0.4 is 0 Å². The van der Waals surface area contributed by atoms with Crippen molar-refractivity contribution in [3.05, 3.63) is 33.4 Å². The molecule has 0 unspecified atom stereocenters. The topological polar surface area (TPSA) is 40.5 Å². The van der Waals surface area contributed by atoms with Crippen molar-refractivity contribution in [3.63, 3.8) is 0 Å². The second-order valence-electron chi connectivity index (χ2n) is 3.96. The van der Waals surface area contributed by atoms with Crippen LogP contribution in [0.2, 0.25) is 0 Å². The molecule has 86 valence electrons. The number of aliphatic hydroxyl groups excluding tert-OH is 1. The molecule has 1 aromatic rings. The summed E-state index contributed by atoms with van der Waals surface area (Å²) < 4.78 is 1.06. The predicted octanol–water partition coefficient (Wildman–Crippen LogP) is 1.89. The molecule has 0 saturated heterocycles. The smallest absolute Gasteiger partial charge is 0.254 e. The van der Waals surface area contributed by atoms with Gasteiger partial charge in [-0.3, -0.25) is 4.79 Å². The highest BCUT2D eigenvalue weighted by Gasteiger charge is 2.32. The zero-order chi connectivity index (χ0) is 11.5. The maximum Gasteiger partial charge on any atom is 0.254 e. The molecule has 0 atom stereocenters. The number of rotatable bonds is 4. The Kier molecular flexibility index (Phi) is 3.81. The van der Waals surface area contributed by atoms with Crippen LogP contribution in [0.25, 0.3) is 0 Å². The standard InChI is InChI=1S/C12H14INO2/c13-10-3-1-2-9(8-10)12(16)14(6-7-15)11-4-5-11/h1-3,8,11,15H,4-7H2. The van der Waals surface area contributed by atoms with Gasteiger partial charge in [-0.05, 0) is 53.6 Å². The summed E-state index contributed by atoms with van der Waals surface area (Å²) >= 11 is 2.20. The Morgan fingerprint density at radius 3 is 2.81 bits per heavy atom. The van der Waals surface area contributed by atoms with Gasteiger partial charge < -0.3 is 10.0 Å². The van der Waals surface area contributed by atoms with Crippen molar-refractivity contribution >= 4 is 28.5 Å². The summed E-state index contributed by atoms with van der Waals surface area (Å²) in [5.74, 6) is 0.0371. The molecule has 16 heavy (non-hydrogen) atoms. The zero-order valence-corrected chi connectivity index (χ0v) is 11.1. The fourth-order valence-corrected chi connectivity index (χ4v) is 2.27. The normalized spacial score (nSPS) is 14.9. The maximum atomic E-state index is 12.2. The lowest BCUT2D eigenvalue weighted by Gasteiger charge is -2.21. The lowest BCUT2D eigenvalue weighted by atomic mass is 10.2. The molecule has 0 radical (unpaired) electrons. The first kappa shape index (κ1) is 11.9. The van der Waals surface area contributed by atoms with Crippen LogP contribution in [-0.2, 0) is 0 Å². The van der Waals surface area contributed by atoms with Crippen molar-refractivity contribution < 1.29 is 9.90 Å². The molecule has 0 aromatic heterocycles. The lowest BCUT2D eigenvalue weighted by Crippen LogP contribution is -2.35. The van der Waals surface area contributed by atoms with Crippen molar-refractivity contribution in [3.8, 4) is 0 Å². The Balaban J connectivity index is 2.15. The molecular formula is C12H14INO2. The summed E-state index contributed by atoms with van der Waals surface area (Å²) in [5, 5.41) is 8.97. The largest absolute Gasteiger partial charge is 0.395 e. The molecular weight excluding hydrogens is 317 g/mol. The molecule has 2 rings (SSSR count). The van der Waals surface area contributed by atoms with Crippen molar-refractivity contribution in [2.45, 2.75) is 18.9 Å². The van der Waals surface area contributed by atoms with E-state index in [1.165, 1.54) is 0 Å². The Labute approximate surface area is 109 Å². The zero-order valence-electron chi connectivity index (χ0n) is 8.90. The van der Waals surface area contributed by atoms with Gasteiger partial charge in [-0.15, -0.1) is 0 Å². The second-order valence-corrected chi connectivity index (χ2v) is 5.21. The van der Waals surface area contributed by atoms with Gasteiger partial charge in [0, 0.05) is 21.7 Å². The van der Waals surface area contributed by atoms with E-state index < -0.39 is 0 Å². The molecule has 1 saturated carbocycles. The summed E-state index contributed by atoms with van der Waals surface area (Å²) in [6, 6.07) is 7.91. The minimum absolute atomic E-state index is 0.0339. The number of benzene rings is 1. The summed E-state index contributed by atoms with van der Waals surface area (Å²) in [6.07, 6.45) is 2.13. The molecule has 0 bridgehead atoms. The SMILES string of the molecule is O=C(c1cccc(I)c1)N(CCO)C1CC1. The van der Waals surface area contributed by atoms with Gasteiger partial charge in [0.2, 0.25) is 0 Å². The third-order valence-corrected chi connectivity index (χ3v) is 3.33. The number of hydrogen-bond donors (Lipinski definition) is 1. The van der Waals surface area contributed by atoms with E-state index in [-0.39, 0.29) is 12.5 Å². The third kappa shape index (κ3) is 2.74. The van der Waals surface area contributed by atoms with E-state index in [0.717, 1.165) is 16.4 Å². The molecule has 1 amide bonds. The Morgan fingerprint density at radius 2 is 2.25 bits per heavy atom. The third-order valence-electron chi connectivity index (χ3n) is 2.66. The van der Waals surface area contributed by atoms with Crippen molar-refractivity contribution in [1.82, 2.24) is 4.90 Å². The van der Waals surface area contributed by atoms with Crippen LogP contribution in [0.15, 0.2) is 24.3 Å². The summed E-state index contributed by atoms with van der Waals surface area (Å²) in [5.41, 5.74) is 0.715. The van der Waals surface area contributed by atoms with Gasteiger partial charge >= 0.3 is 0 Å². The number of nitrogens with zero attached hydrogens (tertiary/aromatic N) is 1. The number of carbonyl (C=O) groups is 1. The average molecular weight is 331 g/mol. The Morgan fingerprint density at radius 1 is 1.50 bits per heavy atom. The average Bonchev–Trinajstić information content (AvgIpc) is 3.09. The van der Waals surface area contributed by atoms with Gasteiger partial charge in [0.05, 0.1) is 6.61 Å². The maximum absolute atomic E-state index is 12.2. The Hall–Kier alpha value is -0.620. The van der Waals surface area contributed by atoms with Crippen LogP contribution in [0.4, 0.5) is 0 Å². The second kappa shape index (κ2) is 5.14. The highest BCUT2D eigenvalue weighted by Crippen LogP contribution is 2.28.